The molecule has 1 unspecified atom stereocenters. The quantitative estimate of drug-likeness (QED) is 0.827. The lowest BCUT2D eigenvalue weighted by Gasteiger charge is -2.12. The van der Waals surface area contributed by atoms with Crippen molar-refractivity contribution in [3.63, 3.8) is 0 Å². The van der Waals surface area contributed by atoms with Crippen LogP contribution in [0.15, 0.2) is 27.6 Å². The van der Waals surface area contributed by atoms with Crippen molar-refractivity contribution < 1.29 is 17.9 Å². The maximum Gasteiger partial charge on any atom is 0.338 e. The zero-order valence-corrected chi connectivity index (χ0v) is 13.1. The first-order valence-corrected chi connectivity index (χ1v) is 8.13. The Labute approximate surface area is 121 Å². The number of primary sulfonamides is 1. The van der Waals surface area contributed by atoms with E-state index in [4.69, 9.17) is 9.88 Å². The molecular formula is C12H16BrNO4S. The fourth-order valence-electron chi connectivity index (χ4n) is 1.56. The first kappa shape index (κ1) is 16.1. The van der Waals surface area contributed by atoms with E-state index in [1.165, 1.54) is 18.2 Å². The maximum atomic E-state index is 11.8. The number of sulfonamides is 1. The number of hydrogen-bond donors (Lipinski definition) is 1. The molecule has 0 aliphatic rings. The summed E-state index contributed by atoms with van der Waals surface area (Å²) in [4.78, 5) is 11.7. The summed E-state index contributed by atoms with van der Waals surface area (Å²) in [7, 11) is -3.88. The molecule has 1 atom stereocenters. The fraction of sp³-hybridized carbons (Fsp3) is 0.417. The van der Waals surface area contributed by atoms with Crippen LogP contribution < -0.4 is 5.14 Å². The van der Waals surface area contributed by atoms with Gasteiger partial charge in [0.1, 0.15) is 0 Å². The predicted octanol–water partition coefficient (Wildman–Crippen LogP) is 2.44. The standard InChI is InChI=1S/C12H16BrNO4S/c1-3-4-8(2)18-12(15)9-5-6-10(13)11(7-9)19(14,16)17/h5-8H,3-4H2,1-2H3,(H2,14,16,17). The number of nitrogens with two attached hydrogens (primary N) is 1. The average Bonchev–Trinajstić information content (AvgIpc) is 2.27. The first-order chi connectivity index (χ1) is 8.75. The summed E-state index contributed by atoms with van der Waals surface area (Å²) in [5.41, 5.74) is 0.162. The van der Waals surface area contributed by atoms with E-state index in [9.17, 15) is 13.2 Å². The Balaban J connectivity index is 3.00. The molecule has 0 aromatic heterocycles. The maximum absolute atomic E-state index is 11.8. The summed E-state index contributed by atoms with van der Waals surface area (Å²) < 4.78 is 28.2. The van der Waals surface area contributed by atoms with Crippen LogP contribution in [0.1, 0.15) is 37.0 Å². The van der Waals surface area contributed by atoms with Crippen LogP contribution in [0.25, 0.3) is 0 Å². The lowest BCUT2D eigenvalue weighted by molar-refractivity contribution is 0.0323. The summed E-state index contributed by atoms with van der Waals surface area (Å²) in [5, 5.41) is 5.07. The largest absolute Gasteiger partial charge is 0.459 e. The van der Waals surface area contributed by atoms with Crippen molar-refractivity contribution in [3.05, 3.63) is 28.2 Å². The van der Waals surface area contributed by atoms with Gasteiger partial charge >= 0.3 is 5.97 Å². The number of rotatable bonds is 5. The highest BCUT2D eigenvalue weighted by Gasteiger charge is 2.18. The van der Waals surface area contributed by atoms with Crippen molar-refractivity contribution in [2.45, 2.75) is 37.7 Å². The van der Waals surface area contributed by atoms with Gasteiger partial charge in [-0.2, -0.15) is 0 Å². The first-order valence-electron chi connectivity index (χ1n) is 5.79. The third kappa shape index (κ3) is 4.59. The van der Waals surface area contributed by atoms with Crippen LogP contribution >= 0.6 is 15.9 Å². The second-order valence-electron chi connectivity index (χ2n) is 4.19. The van der Waals surface area contributed by atoms with E-state index in [2.05, 4.69) is 15.9 Å². The Morgan fingerprint density at radius 3 is 2.63 bits per heavy atom. The van der Waals surface area contributed by atoms with Gasteiger partial charge in [0.15, 0.2) is 0 Å². The summed E-state index contributed by atoms with van der Waals surface area (Å²) in [6.07, 6.45) is 1.45. The average molecular weight is 350 g/mol. The van der Waals surface area contributed by atoms with Crippen LogP contribution in [0.3, 0.4) is 0 Å². The summed E-state index contributed by atoms with van der Waals surface area (Å²) in [6.45, 7) is 3.78. The lowest BCUT2D eigenvalue weighted by atomic mass is 10.2. The molecule has 0 saturated heterocycles. The molecule has 0 bridgehead atoms. The van der Waals surface area contributed by atoms with Gasteiger partial charge in [-0.05, 0) is 47.5 Å². The highest BCUT2D eigenvalue weighted by Crippen LogP contribution is 2.22. The minimum atomic E-state index is -3.88. The monoisotopic (exact) mass is 349 g/mol. The normalized spacial score (nSPS) is 13.1. The van der Waals surface area contributed by atoms with Gasteiger partial charge in [0.05, 0.1) is 16.6 Å². The van der Waals surface area contributed by atoms with Gasteiger partial charge in [0.2, 0.25) is 10.0 Å². The zero-order valence-electron chi connectivity index (χ0n) is 10.7. The second-order valence-corrected chi connectivity index (χ2v) is 6.58. The van der Waals surface area contributed by atoms with Gasteiger partial charge in [-0.25, -0.2) is 18.4 Å². The minimum Gasteiger partial charge on any atom is -0.459 e. The van der Waals surface area contributed by atoms with Gasteiger partial charge in [-0.3, -0.25) is 0 Å². The van der Waals surface area contributed by atoms with Crippen molar-refractivity contribution in [3.8, 4) is 0 Å². The molecule has 0 spiro atoms. The lowest BCUT2D eigenvalue weighted by Crippen LogP contribution is -2.17. The number of ether oxygens (including phenoxy) is 1. The SMILES string of the molecule is CCCC(C)OC(=O)c1ccc(Br)c(S(N)(=O)=O)c1. The van der Waals surface area contributed by atoms with Crippen LogP contribution in [-0.4, -0.2) is 20.5 Å². The van der Waals surface area contributed by atoms with Crippen LogP contribution in [-0.2, 0) is 14.8 Å². The van der Waals surface area contributed by atoms with Crippen molar-refractivity contribution in [1.29, 1.82) is 0 Å². The number of benzene rings is 1. The number of halogens is 1. The summed E-state index contributed by atoms with van der Waals surface area (Å²) >= 11 is 3.08. The van der Waals surface area contributed by atoms with Crippen LogP contribution in [0.4, 0.5) is 0 Å². The van der Waals surface area contributed by atoms with Crippen LogP contribution in [0.2, 0.25) is 0 Å². The van der Waals surface area contributed by atoms with Crippen LogP contribution in [0.5, 0.6) is 0 Å². The van der Waals surface area contributed by atoms with Gasteiger partial charge in [-0.15, -0.1) is 0 Å². The van der Waals surface area contributed by atoms with Crippen molar-refractivity contribution in [2.75, 3.05) is 0 Å². The van der Waals surface area contributed by atoms with Crippen molar-refractivity contribution >= 4 is 31.9 Å². The molecule has 1 aromatic carbocycles. The molecule has 0 saturated carbocycles. The van der Waals surface area contributed by atoms with E-state index >= 15 is 0 Å². The molecule has 0 heterocycles. The van der Waals surface area contributed by atoms with E-state index < -0.39 is 16.0 Å². The molecule has 106 valence electrons. The van der Waals surface area contributed by atoms with E-state index in [0.29, 0.717) is 4.47 Å². The third-order valence-corrected chi connectivity index (χ3v) is 4.38. The third-order valence-electron chi connectivity index (χ3n) is 2.48. The molecule has 0 aliphatic heterocycles. The Hall–Kier alpha value is -0.920. The molecule has 7 heteroatoms. The topological polar surface area (TPSA) is 86.5 Å². The van der Waals surface area contributed by atoms with E-state index in [-0.39, 0.29) is 16.6 Å². The second kappa shape index (κ2) is 6.49. The Kier molecular flexibility index (Phi) is 5.51. The Morgan fingerprint density at radius 2 is 2.11 bits per heavy atom. The predicted molar refractivity (Wildman–Crippen MR) is 75.3 cm³/mol. The molecule has 5 nitrogen and oxygen atoms in total. The molecule has 19 heavy (non-hydrogen) atoms. The molecule has 0 radical (unpaired) electrons. The number of hydrogen-bond acceptors (Lipinski definition) is 4. The van der Waals surface area contributed by atoms with Crippen molar-refractivity contribution in [1.82, 2.24) is 0 Å². The van der Waals surface area contributed by atoms with Gasteiger partial charge in [0, 0.05) is 4.47 Å². The number of carbonyl (C=O) groups excluding carboxylic acids is 1. The Morgan fingerprint density at radius 1 is 1.47 bits per heavy atom. The molecule has 2 N–H and O–H groups in total. The zero-order chi connectivity index (χ0) is 14.6. The molecule has 0 amide bonds. The Bertz CT molecular complexity index is 571. The van der Waals surface area contributed by atoms with Gasteiger partial charge in [0.25, 0.3) is 0 Å². The number of carbonyl (C=O) groups is 1. The van der Waals surface area contributed by atoms with E-state index in [0.717, 1.165) is 12.8 Å². The van der Waals surface area contributed by atoms with Crippen molar-refractivity contribution in [2.24, 2.45) is 5.14 Å². The summed E-state index contributed by atoms with van der Waals surface area (Å²) in [5.74, 6) is -0.557. The smallest absolute Gasteiger partial charge is 0.338 e. The minimum absolute atomic E-state index is 0.134. The van der Waals surface area contributed by atoms with Gasteiger partial charge in [-0.1, -0.05) is 13.3 Å². The fourth-order valence-corrected chi connectivity index (χ4v) is 3.12. The van der Waals surface area contributed by atoms with E-state index in [1.807, 2.05) is 6.92 Å². The molecule has 0 fully saturated rings. The van der Waals surface area contributed by atoms with Gasteiger partial charge < -0.3 is 4.74 Å². The summed E-state index contributed by atoms with van der Waals surface area (Å²) in [6, 6.07) is 4.15. The molecule has 1 aromatic rings. The highest BCUT2D eigenvalue weighted by atomic mass is 79.9. The molecule has 0 aliphatic carbocycles. The number of esters is 1. The van der Waals surface area contributed by atoms with E-state index in [1.54, 1.807) is 6.92 Å². The molecule has 1 rings (SSSR count). The van der Waals surface area contributed by atoms with Crippen LogP contribution in [0, 0.1) is 0 Å². The molecular weight excluding hydrogens is 334 g/mol. The highest BCUT2D eigenvalue weighted by molar-refractivity contribution is 9.10.